The van der Waals surface area contributed by atoms with Crippen LogP contribution in [0.2, 0.25) is 18.1 Å². The third kappa shape index (κ3) is 3.48. The summed E-state index contributed by atoms with van der Waals surface area (Å²) >= 11 is 0. The van der Waals surface area contributed by atoms with Gasteiger partial charge in [-0.2, -0.15) is 0 Å². The molecule has 0 aromatic heterocycles. The van der Waals surface area contributed by atoms with E-state index in [1.807, 2.05) is 24.3 Å². The Morgan fingerprint density at radius 2 is 1.48 bits per heavy atom. The molecule has 1 aliphatic carbocycles. The predicted octanol–water partition coefficient (Wildman–Crippen LogP) is 6.71. The molecular weight excluding hydrogens is 372 g/mol. The Labute approximate surface area is 175 Å². The van der Waals surface area contributed by atoms with E-state index >= 15 is 0 Å². The van der Waals surface area contributed by atoms with E-state index in [0.717, 1.165) is 22.1 Å². The maximum Gasteiger partial charge on any atom is 0.196 e. The fourth-order valence-corrected chi connectivity index (χ4v) is 5.31. The summed E-state index contributed by atoms with van der Waals surface area (Å²) in [4.78, 5) is 0. The van der Waals surface area contributed by atoms with Gasteiger partial charge in [0.05, 0.1) is 5.92 Å². The second-order valence-electron chi connectivity index (χ2n) is 9.58. The molecule has 3 aromatic carbocycles. The van der Waals surface area contributed by atoms with Crippen molar-refractivity contribution in [3.05, 3.63) is 89.5 Å². The zero-order valence-corrected chi connectivity index (χ0v) is 18.9. The van der Waals surface area contributed by atoms with Crippen LogP contribution >= 0.6 is 0 Å². The number of hydrogen-bond donors (Lipinski definition) is 1. The van der Waals surface area contributed by atoms with Gasteiger partial charge < -0.3 is 9.53 Å². The van der Waals surface area contributed by atoms with Crippen LogP contribution in [0.15, 0.2) is 72.8 Å². The van der Waals surface area contributed by atoms with Gasteiger partial charge in [-0.25, -0.2) is 0 Å². The lowest BCUT2D eigenvalue weighted by Crippen LogP contribution is -2.52. The quantitative estimate of drug-likeness (QED) is 0.390. The van der Waals surface area contributed by atoms with Gasteiger partial charge in [-0.15, -0.1) is 0 Å². The second-order valence-corrected chi connectivity index (χ2v) is 14.3. The average molecular weight is 403 g/mol. The number of fused-ring (bicyclic) bond motifs is 2. The smallest absolute Gasteiger partial charge is 0.196 e. The molecule has 1 aliphatic rings. The van der Waals surface area contributed by atoms with Gasteiger partial charge in [0.25, 0.3) is 0 Å². The van der Waals surface area contributed by atoms with Crippen molar-refractivity contribution in [1.29, 1.82) is 0 Å². The summed E-state index contributed by atoms with van der Waals surface area (Å²) in [5.74, 6) is -1.68. The molecule has 0 amide bonds. The summed E-state index contributed by atoms with van der Waals surface area (Å²) in [6.07, 6.45) is 3.87. The molecule has 0 spiro atoms. The van der Waals surface area contributed by atoms with E-state index in [-0.39, 0.29) is 11.0 Å². The van der Waals surface area contributed by atoms with Gasteiger partial charge in [0.15, 0.2) is 14.1 Å². The van der Waals surface area contributed by atoms with Crippen molar-refractivity contribution in [2.75, 3.05) is 0 Å². The van der Waals surface area contributed by atoms with Crippen LogP contribution in [0.3, 0.4) is 0 Å². The van der Waals surface area contributed by atoms with Crippen molar-refractivity contribution in [3.8, 4) is 0 Å². The molecule has 2 nitrogen and oxygen atoms in total. The van der Waals surface area contributed by atoms with E-state index in [1.54, 1.807) is 0 Å². The maximum absolute atomic E-state index is 12.0. The third-order valence-electron chi connectivity index (χ3n) is 6.58. The molecule has 3 aromatic rings. The van der Waals surface area contributed by atoms with Gasteiger partial charge in [0.1, 0.15) is 0 Å². The molecule has 0 heterocycles. The second kappa shape index (κ2) is 6.94. The number of hydrogen-bond acceptors (Lipinski definition) is 2. The highest BCUT2D eigenvalue weighted by Crippen LogP contribution is 2.48. The fraction of sp³-hybridized carbons (Fsp3) is 0.308. The van der Waals surface area contributed by atoms with E-state index in [9.17, 15) is 5.11 Å². The summed E-state index contributed by atoms with van der Waals surface area (Å²) in [5.41, 5.74) is 3.34. The summed E-state index contributed by atoms with van der Waals surface area (Å²) in [5, 5.41) is 14.3. The fourth-order valence-electron chi connectivity index (χ4n) is 4.00. The first-order valence-corrected chi connectivity index (χ1v) is 13.2. The topological polar surface area (TPSA) is 29.5 Å². The van der Waals surface area contributed by atoms with E-state index < -0.39 is 14.1 Å². The van der Waals surface area contributed by atoms with E-state index in [4.69, 9.17) is 4.43 Å². The van der Waals surface area contributed by atoms with Crippen LogP contribution in [0.4, 0.5) is 0 Å². The van der Waals surface area contributed by atoms with E-state index in [2.05, 4.69) is 88.5 Å². The minimum Gasteiger partial charge on any atom is -0.386 e. The molecular formula is C26H30O2Si. The van der Waals surface area contributed by atoms with Crippen molar-refractivity contribution >= 4 is 25.2 Å². The number of benzene rings is 3. The van der Waals surface area contributed by atoms with Crippen LogP contribution < -0.4 is 0 Å². The van der Waals surface area contributed by atoms with Gasteiger partial charge in [-0.1, -0.05) is 93.6 Å². The Morgan fingerprint density at radius 3 is 2.24 bits per heavy atom. The summed E-state index contributed by atoms with van der Waals surface area (Å²) in [6, 6.07) is 23.0. The molecule has 3 heteroatoms. The molecule has 0 fully saturated rings. The number of aliphatic hydroxyl groups is 1. The van der Waals surface area contributed by atoms with Crippen LogP contribution in [-0.4, -0.2) is 19.2 Å². The van der Waals surface area contributed by atoms with Crippen LogP contribution in [0, 0.1) is 0 Å². The van der Waals surface area contributed by atoms with Gasteiger partial charge in [-0.3, -0.25) is 0 Å². The summed E-state index contributed by atoms with van der Waals surface area (Å²) in [7, 11) is -2.23. The van der Waals surface area contributed by atoms with Crippen LogP contribution in [0.5, 0.6) is 0 Å². The first-order chi connectivity index (χ1) is 13.6. The first-order valence-electron chi connectivity index (χ1n) is 10.3. The van der Waals surface area contributed by atoms with Gasteiger partial charge in [0.2, 0.25) is 0 Å². The maximum atomic E-state index is 12.0. The average Bonchev–Trinajstić information content (AvgIpc) is 2.66. The normalized spacial score (nSPS) is 21.9. The van der Waals surface area contributed by atoms with Crippen molar-refractivity contribution in [3.63, 3.8) is 0 Å². The zero-order valence-electron chi connectivity index (χ0n) is 17.9. The summed E-state index contributed by atoms with van der Waals surface area (Å²) < 4.78 is 6.71. The molecule has 0 saturated carbocycles. The minimum absolute atomic E-state index is 0.00313. The molecule has 29 heavy (non-hydrogen) atoms. The van der Waals surface area contributed by atoms with Crippen molar-refractivity contribution in [1.82, 2.24) is 0 Å². The minimum atomic E-state index is -2.23. The molecule has 2 atom stereocenters. The largest absolute Gasteiger partial charge is 0.386 e. The lowest BCUT2D eigenvalue weighted by atomic mass is 9.77. The molecule has 0 radical (unpaired) electrons. The van der Waals surface area contributed by atoms with Crippen LogP contribution in [0.1, 0.15) is 43.4 Å². The Morgan fingerprint density at radius 1 is 0.862 bits per heavy atom. The molecule has 0 aliphatic heterocycles. The zero-order chi connectivity index (χ0) is 20.9. The first kappa shape index (κ1) is 20.1. The Kier molecular flexibility index (Phi) is 4.81. The van der Waals surface area contributed by atoms with Gasteiger partial charge in [0, 0.05) is 0 Å². The van der Waals surface area contributed by atoms with Crippen LogP contribution in [-0.2, 0) is 4.43 Å². The Balaban J connectivity index is 1.94. The predicted molar refractivity (Wildman–Crippen MR) is 124 cm³/mol. The van der Waals surface area contributed by atoms with Crippen LogP contribution in [0.25, 0.3) is 16.8 Å². The monoisotopic (exact) mass is 402 g/mol. The Bertz CT molecular complexity index is 1070. The van der Waals surface area contributed by atoms with Crippen molar-refractivity contribution in [2.45, 2.75) is 50.6 Å². The highest BCUT2D eigenvalue weighted by molar-refractivity contribution is 6.74. The van der Waals surface area contributed by atoms with E-state index in [1.165, 1.54) is 5.39 Å². The van der Waals surface area contributed by atoms with Gasteiger partial charge in [-0.05, 0) is 51.7 Å². The third-order valence-corrected chi connectivity index (χ3v) is 11.0. The molecule has 4 rings (SSSR count). The van der Waals surface area contributed by atoms with Crippen molar-refractivity contribution < 1.29 is 9.53 Å². The molecule has 150 valence electrons. The lowest BCUT2D eigenvalue weighted by molar-refractivity contribution is -0.116. The highest BCUT2D eigenvalue weighted by Gasteiger charge is 2.49. The summed E-state index contributed by atoms with van der Waals surface area (Å²) in [6.45, 7) is 11.0. The molecule has 2 unspecified atom stereocenters. The lowest BCUT2D eigenvalue weighted by Gasteiger charge is -2.46. The molecule has 0 saturated heterocycles. The Hall–Kier alpha value is -2.20. The standard InChI is InChI=1S/C26H30O2Si/c1-25(2,3)29(4,5)28-26(27)18-17-20-12-7-9-15-22(20)24(26)23-16-10-13-19-11-6-8-14-21(19)23/h6-18,24,27H,1-5H3. The molecule has 0 bridgehead atoms. The van der Waals surface area contributed by atoms with Crippen molar-refractivity contribution in [2.24, 2.45) is 0 Å². The number of rotatable bonds is 3. The van der Waals surface area contributed by atoms with E-state index in [0.29, 0.717) is 0 Å². The molecule has 1 N–H and O–H groups in total. The SMILES string of the molecule is CC(C)(C)[Si](C)(C)OC1(O)C=Cc2ccccc2C1c1cccc2ccccc12. The van der Waals surface area contributed by atoms with Gasteiger partial charge >= 0.3 is 0 Å². The highest BCUT2D eigenvalue weighted by atomic mass is 28.4.